The quantitative estimate of drug-likeness (QED) is 0.822. The number of nitrogens with one attached hydrogen (secondary N) is 2. The van der Waals surface area contributed by atoms with Crippen molar-refractivity contribution < 1.29 is 4.79 Å². The Kier molecular flexibility index (Phi) is 3.42. The van der Waals surface area contributed by atoms with Gasteiger partial charge in [-0.25, -0.2) is 0 Å². The number of amides is 1. The average molecular weight is 266 g/mol. The van der Waals surface area contributed by atoms with Crippen LogP contribution in [0.25, 0.3) is 0 Å². The van der Waals surface area contributed by atoms with E-state index in [1.807, 2.05) is 30.3 Å². The highest BCUT2D eigenvalue weighted by atomic mass is 16.1. The number of para-hydroxylation sites is 1. The maximum absolute atomic E-state index is 11.9. The van der Waals surface area contributed by atoms with E-state index in [2.05, 4.69) is 35.8 Å². The van der Waals surface area contributed by atoms with Crippen LogP contribution in [0.5, 0.6) is 0 Å². The molecule has 1 heterocycles. The van der Waals surface area contributed by atoms with Crippen LogP contribution in [0.4, 0.5) is 11.4 Å². The van der Waals surface area contributed by atoms with E-state index in [4.69, 9.17) is 0 Å². The molecule has 2 N–H and O–H groups in total. The molecule has 102 valence electrons. The van der Waals surface area contributed by atoms with Crippen molar-refractivity contribution in [1.29, 1.82) is 0 Å². The molecule has 0 saturated heterocycles. The van der Waals surface area contributed by atoms with E-state index < -0.39 is 0 Å². The molecule has 1 unspecified atom stereocenters. The first kappa shape index (κ1) is 12.7. The Bertz CT molecular complexity index is 622. The van der Waals surface area contributed by atoms with Gasteiger partial charge in [0.1, 0.15) is 0 Å². The Morgan fingerprint density at radius 2 is 1.85 bits per heavy atom. The average Bonchev–Trinajstić information content (AvgIpc) is 2.44. The molecule has 0 aliphatic carbocycles. The van der Waals surface area contributed by atoms with Crippen molar-refractivity contribution in [2.75, 3.05) is 10.6 Å². The monoisotopic (exact) mass is 266 g/mol. The van der Waals surface area contributed by atoms with E-state index in [0.717, 1.165) is 23.4 Å². The summed E-state index contributed by atoms with van der Waals surface area (Å²) in [5, 5.41) is 6.56. The van der Waals surface area contributed by atoms with Crippen molar-refractivity contribution in [2.45, 2.75) is 25.8 Å². The SMILES string of the molecule is Cc1cccc2c1NC(c1ccccc1)CCC(=O)N2. The molecule has 1 atom stereocenters. The lowest BCUT2D eigenvalue weighted by Crippen LogP contribution is -2.22. The molecular formula is C17H18N2O. The number of hydrogen-bond acceptors (Lipinski definition) is 2. The van der Waals surface area contributed by atoms with Crippen LogP contribution >= 0.6 is 0 Å². The van der Waals surface area contributed by atoms with E-state index in [1.165, 1.54) is 5.56 Å². The van der Waals surface area contributed by atoms with Crippen LogP contribution in [-0.4, -0.2) is 5.91 Å². The Hall–Kier alpha value is -2.29. The zero-order valence-corrected chi connectivity index (χ0v) is 11.5. The predicted molar refractivity (Wildman–Crippen MR) is 81.8 cm³/mol. The van der Waals surface area contributed by atoms with Gasteiger partial charge in [0.05, 0.1) is 17.4 Å². The summed E-state index contributed by atoms with van der Waals surface area (Å²) in [6, 6.07) is 16.4. The molecule has 0 bridgehead atoms. The minimum absolute atomic E-state index is 0.0827. The molecule has 0 radical (unpaired) electrons. The van der Waals surface area contributed by atoms with E-state index >= 15 is 0 Å². The van der Waals surface area contributed by atoms with Gasteiger partial charge in [0.15, 0.2) is 0 Å². The third kappa shape index (κ3) is 2.52. The van der Waals surface area contributed by atoms with Crippen molar-refractivity contribution in [3.05, 3.63) is 59.7 Å². The van der Waals surface area contributed by atoms with Crippen molar-refractivity contribution in [2.24, 2.45) is 0 Å². The second-order valence-corrected chi connectivity index (χ2v) is 5.19. The zero-order chi connectivity index (χ0) is 13.9. The number of carbonyl (C=O) groups is 1. The molecule has 0 saturated carbocycles. The van der Waals surface area contributed by atoms with Gasteiger partial charge in [-0.15, -0.1) is 0 Å². The van der Waals surface area contributed by atoms with Gasteiger partial charge >= 0.3 is 0 Å². The highest BCUT2D eigenvalue weighted by molar-refractivity contribution is 5.95. The summed E-state index contributed by atoms with van der Waals surface area (Å²) >= 11 is 0. The van der Waals surface area contributed by atoms with Gasteiger partial charge in [0, 0.05) is 6.42 Å². The van der Waals surface area contributed by atoms with Gasteiger partial charge in [0.2, 0.25) is 5.91 Å². The Balaban J connectivity index is 2.00. The van der Waals surface area contributed by atoms with Gasteiger partial charge in [-0.3, -0.25) is 4.79 Å². The third-order valence-electron chi connectivity index (χ3n) is 3.73. The Labute approximate surface area is 119 Å². The molecule has 2 aromatic rings. The van der Waals surface area contributed by atoms with Gasteiger partial charge < -0.3 is 10.6 Å². The second kappa shape index (κ2) is 5.37. The van der Waals surface area contributed by atoms with Gasteiger partial charge in [-0.05, 0) is 30.5 Å². The Morgan fingerprint density at radius 1 is 1.05 bits per heavy atom. The smallest absolute Gasteiger partial charge is 0.224 e. The number of rotatable bonds is 1. The summed E-state index contributed by atoms with van der Waals surface area (Å²) in [6.07, 6.45) is 1.32. The first-order valence-corrected chi connectivity index (χ1v) is 6.95. The van der Waals surface area contributed by atoms with Gasteiger partial charge in [-0.1, -0.05) is 42.5 Å². The number of aryl methyl sites for hydroxylation is 1. The second-order valence-electron chi connectivity index (χ2n) is 5.19. The standard InChI is InChI=1S/C17H18N2O/c1-12-6-5-9-15-17(12)19-14(10-11-16(20)18-15)13-7-3-2-4-8-13/h2-9,14,19H,10-11H2,1H3,(H,18,20). The largest absolute Gasteiger partial charge is 0.376 e. The highest BCUT2D eigenvalue weighted by Gasteiger charge is 2.20. The number of anilines is 2. The van der Waals surface area contributed by atoms with Crippen LogP contribution in [0, 0.1) is 6.92 Å². The fourth-order valence-electron chi connectivity index (χ4n) is 2.63. The molecule has 3 heteroatoms. The zero-order valence-electron chi connectivity index (χ0n) is 11.5. The molecule has 20 heavy (non-hydrogen) atoms. The minimum atomic E-state index is 0.0827. The van der Waals surface area contributed by atoms with E-state index in [9.17, 15) is 4.79 Å². The number of hydrogen-bond donors (Lipinski definition) is 2. The fraction of sp³-hybridized carbons (Fsp3) is 0.235. The minimum Gasteiger partial charge on any atom is -0.376 e. The lowest BCUT2D eigenvalue weighted by molar-refractivity contribution is -0.116. The molecule has 0 aromatic heterocycles. The fourth-order valence-corrected chi connectivity index (χ4v) is 2.63. The molecule has 2 aromatic carbocycles. The molecule has 0 fully saturated rings. The van der Waals surface area contributed by atoms with E-state index in [1.54, 1.807) is 0 Å². The van der Waals surface area contributed by atoms with E-state index in [0.29, 0.717) is 6.42 Å². The lowest BCUT2D eigenvalue weighted by atomic mass is 9.99. The summed E-state index contributed by atoms with van der Waals surface area (Å²) in [4.78, 5) is 11.9. The molecule has 1 aliphatic rings. The van der Waals surface area contributed by atoms with E-state index in [-0.39, 0.29) is 11.9 Å². The maximum Gasteiger partial charge on any atom is 0.224 e. The highest BCUT2D eigenvalue weighted by Crippen LogP contribution is 2.33. The molecule has 0 spiro atoms. The molecule has 3 nitrogen and oxygen atoms in total. The summed E-state index contributed by atoms with van der Waals surface area (Å²) in [5.41, 5.74) is 4.26. The van der Waals surface area contributed by atoms with Gasteiger partial charge in [-0.2, -0.15) is 0 Å². The third-order valence-corrected chi connectivity index (χ3v) is 3.73. The molecule has 1 aliphatic heterocycles. The number of carbonyl (C=O) groups excluding carboxylic acids is 1. The summed E-state index contributed by atoms with van der Waals surface area (Å²) in [7, 11) is 0. The lowest BCUT2D eigenvalue weighted by Gasteiger charge is -2.26. The van der Waals surface area contributed by atoms with Crippen LogP contribution in [0.3, 0.4) is 0 Å². The van der Waals surface area contributed by atoms with Crippen molar-refractivity contribution in [3.8, 4) is 0 Å². The maximum atomic E-state index is 11.9. The van der Waals surface area contributed by atoms with Crippen LogP contribution in [-0.2, 0) is 4.79 Å². The first-order chi connectivity index (χ1) is 9.74. The number of fused-ring (bicyclic) bond motifs is 1. The summed E-state index contributed by atoms with van der Waals surface area (Å²) in [6.45, 7) is 2.06. The normalized spacial score (nSPS) is 18.2. The first-order valence-electron chi connectivity index (χ1n) is 6.95. The number of benzene rings is 2. The summed E-state index contributed by atoms with van der Waals surface area (Å²) < 4.78 is 0. The van der Waals surface area contributed by atoms with Crippen LogP contribution in [0.1, 0.15) is 30.0 Å². The van der Waals surface area contributed by atoms with Crippen LogP contribution in [0.2, 0.25) is 0 Å². The van der Waals surface area contributed by atoms with Crippen LogP contribution < -0.4 is 10.6 Å². The van der Waals surface area contributed by atoms with Crippen LogP contribution in [0.15, 0.2) is 48.5 Å². The summed E-state index contributed by atoms with van der Waals surface area (Å²) in [5.74, 6) is 0.0827. The molecule has 1 amide bonds. The van der Waals surface area contributed by atoms with Crippen molar-refractivity contribution >= 4 is 17.3 Å². The van der Waals surface area contributed by atoms with Crippen molar-refractivity contribution in [3.63, 3.8) is 0 Å². The molecular weight excluding hydrogens is 248 g/mol. The Morgan fingerprint density at radius 3 is 2.65 bits per heavy atom. The predicted octanol–water partition coefficient (Wildman–Crippen LogP) is 3.88. The molecule has 3 rings (SSSR count). The topological polar surface area (TPSA) is 41.1 Å². The van der Waals surface area contributed by atoms with Gasteiger partial charge in [0.25, 0.3) is 0 Å². The van der Waals surface area contributed by atoms with Crippen molar-refractivity contribution in [1.82, 2.24) is 0 Å².